The van der Waals surface area contributed by atoms with Crippen molar-refractivity contribution >= 4 is 65.1 Å². The summed E-state index contributed by atoms with van der Waals surface area (Å²) < 4.78 is 0. The van der Waals surface area contributed by atoms with Crippen molar-refractivity contribution in [1.82, 2.24) is 36.0 Å². The van der Waals surface area contributed by atoms with Crippen LogP contribution in [0.15, 0.2) is 9.98 Å². The number of carbonyl (C=O) groups excluding carboxylic acids is 8. The van der Waals surface area contributed by atoms with E-state index < -0.39 is 103 Å². The molecule has 0 unspecified atom stereocenters. The van der Waals surface area contributed by atoms with Crippen LogP contribution in [-0.2, 0) is 43.2 Å². The van der Waals surface area contributed by atoms with Crippen LogP contribution in [0.25, 0.3) is 0 Å². The summed E-state index contributed by atoms with van der Waals surface area (Å²) in [5.74, 6) is -6.76. The quantitative estimate of drug-likeness (QED) is 0.0259. The van der Waals surface area contributed by atoms with Crippen LogP contribution in [0, 0.1) is 0 Å². The smallest absolute Gasteiger partial charge is 0.326 e. The summed E-state index contributed by atoms with van der Waals surface area (Å²) in [6, 6.07) is -6.46. The first kappa shape index (κ1) is 49.1. The summed E-state index contributed by atoms with van der Waals surface area (Å²) in [5, 5.41) is 19.6. The average Bonchev–Trinajstić information content (AvgIpc) is 4.01. The van der Waals surface area contributed by atoms with Gasteiger partial charge in [0.15, 0.2) is 11.9 Å². The number of amides is 8. The molecule has 3 aliphatic heterocycles. The van der Waals surface area contributed by atoms with Gasteiger partial charge in [0.1, 0.15) is 30.2 Å². The predicted octanol–water partition coefficient (Wildman–Crippen LogP) is -6.05. The van der Waals surface area contributed by atoms with Gasteiger partial charge in [0, 0.05) is 39.1 Å². The molecular weight excluding hydrogens is 802 g/mol. The van der Waals surface area contributed by atoms with Crippen LogP contribution in [0.5, 0.6) is 0 Å². The maximum absolute atomic E-state index is 14.0. The van der Waals surface area contributed by atoms with E-state index in [-0.39, 0.29) is 83.2 Å². The number of hydrogen-bond acceptors (Lipinski definition) is 12. The lowest BCUT2D eigenvalue weighted by atomic mass is 10.1. The van der Waals surface area contributed by atoms with Crippen molar-refractivity contribution in [2.45, 2.75) is 113 Å². The van der Waals surface area contributed by atoms with Crippen LogP contribution < -0.4 is 55.7 Å². The highest BCUT2D eigenvalue weighted by Crippen LogP contribution is 2.25. The zero-order valence-electron chi connectivity index (χ0n) is 34.2. The molecule has 0 bridgehead atoms. The number of aliphatic imine (C=N–C) groups is 2. The van der Waals surface area contributed by atoms with Crippen LogP contribution in [0.3, 0.4) is 0 Å². The number of rotatable bonds is 23. The lowest BCUT2D eigenvalue weighted by Crippen LogP contribution is -2.57. The molecule has 3 saturated heterocycles. The Kier molecular flexibility index (Phi) is 19.4. The predicted molar refractivity (Wildman–Crippen MR) is 218 cm³/mol. The second kappa shape index (κ2) is 24.1. The van der Waals surface area contributed by atoms with E-state index in [1.807, 2.05) is 0 Å². The number of nitrogens with zero attached hydrogens (tertiary/aromatic N) is 5. The van der Waals surface area contributed by atoms with Crippen molar-refractivity contribution in [2.24, 2.45) is 44.4 Å². The normalized spacial score (nSPS) is 19.8. The summed E-state index contributed by atoms with van der Waals surface area (Å²) >= 11 is 0. The Balaban J connectivity index is 1.65. The topological polar surface area (TPSA) is 413 Å². The zero-order chi connectivity index (χ0) is 45.2. The van der Waals surface area contributed by atoms with E-state index in [9.17, 15) is 48.3 Å². The minimum atomic E-state index is -1.36. The molecule has 3 rings (SSSR count). The fourth-order valence-corrected chi connectivity index (χ4v) is 7.47. The molecule has 340 valence electrons. The van der Waals surface area contributed by atoms with Crippen LogP contribution in [0.1, 0.15) is 77.0 Å². The third-order valence-electron chi connectivity index (χ3n) is 10.6. The van der Waals surface area contributed by atoms with Crippen LogP contribution in [0.4, 0.5) is 0 Å². The van der Waals surface area contributed by atoms with Gasteiger partial charge in [0.2, 0.25) is 47.3 Å². The maximum atomic E-state index is 14.0. The molecule has 25 nitrogen and oxygen atoms in total. The molecule has 25 heteroatoms. The molecule has 0 aromatic heterocycles. The van der Waals surface area contributed by atoms with Crippen molar-refractivity contribution in [2.75, 3.05) is 45.8 Å². The van der Waals surface area contributed by atoms with Gasteiger partial charge in [-0.2, -0.15) is 0 Å². The molecular formula is C36H61N15O10. The molecule has 61 heavy (non-hydrogen) atoms. The highest BCUT2D eigenvalue weighted by Gasteiger charge is 2.43. The van der Waals surface area contributed by atoms with E-state index in [1.54, 1.807) is 0 Å². The van der Waals surface area contributed by atoms with E-state index >= 15 is 0 Å². The average molecular weight is 864 g/mol. The number of nitrogens with two attached hydrogens (primary N) is 6. The first-order valence-electron chi connectivity index (χ1n) is 20.3. The SMILES string of the molecule is NC(=O)CC[C@H](NC(=O)[C@@H]1CCCN1C(=O)[C@H](CCCN=C(N)N)NC(=O)CNC(=O)[C@@H](N)CCCN=C(N)N)C(=O)NCC(=O)N1CCC[C@H]1C(=O)N1CCC[C@H]1C(=O)O. The Bertz CT molecular complexity index is 1690. The molecule has 6 atom stereocenters. The summed E-state index contributed by atoms with van der Waals surface area (Å²) in [4.78, 5) is 128. The number of carboxylic acid groups (broad SMARTS) is 1. The highest BCUT2D eigenvalue weighted by molar-refractivity contribution is 5.97. The maximum Gasteiger partial charge on any atom is 0.326 e. The van der Waals surface area contributed by atoms with E-state index in [2.05, 4.69) is 31.3 Å². The van der Waals surface area contributed by atoms with Gasteiger partial charge in [-0.25, -0.2) is 4.79 Å². The second-order valence-electron chi connectivity index (χ2n) is 15.1. The standard InChI is InChI=1S/C36H61N15O10/c37-20(6-1-13-43-35(39)40)29(55)45-18-27(53)47-22(7-2-14-44-36(41)42)32(58)50-16-3-8-23(50)31(57)48-21(11-12-26(38)52)30(56)46-19-28(54)49-15-4-9-24(49)33(59)51-17-5-10-25(51)34(60)61/h20-25H,1-19,37H2,(H2,38,52)(H,45,55)(H,46,56)(H,47,53)(H,48,57)(H,60,61)(H4,39,40,43)(H4,41,42,44)/t20-,21-,22-,23-,24-,25-/m0/s1. The molecule has 0 saturated carbocycles. The lowest BCUT2D eigenvalue weighted by Gasteiger charge is -2.30. The third kappa shape index (κ3) is 15.4. The molecule has 8 amide bonds. The van der Waals surface area contributed by atoms with Gasteiger partial charge in [-0.1, -0.05) is 0 Å². The van der Waals surface area contributed by atoms with Crippen molar-refractivity contribution in [3.8, 4) is 0 Å². The Morgan fingerprint density at radius 3 is 1.80 bits per heavy atom. The first-order valence-corrected chi connectivity index (χ1v) is 20.3. The Labute approximate surface area is 352 Å². The molecule has 0 aromatic carbocycles. The number of aliphatic carboxylic acids is 1. The number of guanidine groups is 2. The van der Waals surface area contributed by atoms with Gasteiger partial charge in [0.05, 0.1) is 19.1 Å². The van der Waals surface area contributed by atoms with Gasteiger partial charge in [-0.05, 0) is 70.6 Å². The summed E-state index contributed by atoms with van der Waals surface area (Å²) in [5.41, 5.74) is 32.7. The number of nitrogens with one attached hydrogen (secondary N) is 4. The van der Waals surface area contributed by atoms with Gasteiger partial charge in [-0.15, -0.1) is 0 Å². The fraction of sp³-hybridized carbons (Fsp3) is 0.694. The first-order chi connectivity index (χ1) is 28.9. The molecule has 3 aliphatic rings. The summed E-state index contributed by atoms with van der Waals surface area (Å²) in [6.45, 7) is -0.108. The number of hydrogen-bond donors (Lipinski definition) is 11. The van der Waals surface area contributed by atoms with Gasteiger partial charge in [0.25, 0.3) is 0 Å². The molecule has 17 N–H and O–H groups in total. The Hall–Kier alpha value is -6.27. The van der Waals surface area contributed by atoms with E-state index in [0.29, 0.717) is 38.5 Å². The van der Waals surface area contributed by atoms with Crippen LogP contribution in [-0.4, -0.2) is 167 Å². The highest BCUT2D eigenvalue weighted by atomic mass is 16.4. The van der Waals surface area contributed by atoms with Crippen LogP contribution in [0.2, 0.25) is 0 Å². The second-order valence-corrected chi connectivity index (χ2v) is 15.1. The molecule has 0 radical (unpaired) electrons. The number of primary amides is 1. The summed E-state index contributed by atoms with van der Waals surface area (Å²) in [7, 11) is 0. The number of carboxylic acids is 1. The van der Waals surface area contributed by atoms with E-state index in [1.165, 1.54) is 14.7 Å². The molecule has 0 spiro atoms. The minimum absolute atomic E-state index is 0.0454. The van der Waals surface area contributed by atoms with E-state index in [0.717, 1.165) is 0 Å². The zero-order valence-corrected chi connectivity index (χ0v) is 34.2. The van der Waals surface area contributed by atoms with Gasteiger partial charge >= 0.3 is 5.97 Å². The van der Waals surface area contributed by atoms with Crippen molar-refractivity contribution in [3.05, 3.63) is 0 Å². The lowest BCUT2D eigenvalue weighted by molar-refractivity contribution is -0.151. The third-order valence-corrected chi connectivity index (χ3v) is 10.6. The van der Waals surface area contributed by atoms with Crippen molar-refractivity contribution in [1.29, 1.82) is 0 Å². The van der Waals surface area contributed by atoms with Crippen molar-refractivity contribution < 1.29 is 48.3 Å². The molecule has 3 fully saturated rings. The van der Waals surface area contributed by atoms with Crippen LogP contribution >= 0.6 is 0 Å². The van der Waals surface area contributed by atoms with Gasteiger partial charge < -0.3 is 75.5 Å². The molecule has 3 heterocycles. The van der Waals surface area contributed by atoms with E-state index in [4.69, 9.17) is 34.4 Å². The largest absolute Gasteiger partial charge is 0.480 e. The fourth-order valence-electron chi connectivity index (χ4n) is 7.47. The number of carbonyl (C=O) groups is 9. The minimum Gasteiger partial charge on any atom is -0.480 e. The monoisotopic (exact) mass is 863 g/mol. The number of likely N-dealkylation sites (tertiary alicyclic amines) is 3. The molecule has 0 aromatic rings. The molecule has 0 aliphatic carbocycles. The van der Waals surface area contributed by atoms with Crippen molar-refractivity contribution in [3.63, 3.8) is 0 Å². The van der Waals surface area contributed by atoms with Gasteiger partial charge in [-0.3, -0.25) is 48.3 Å². The Morgan fingerprint density at radius 2 is 1.20 bits per heavy atom. The summed E-state index contributed by atoms with van der Waals surface area (Å²) in [6.07, 6.45) is 2.60. The Morgan fingerprint density at radius 1 is 0.639 bits per heavy atom.